The van der Waals surface area contributed by atoms with Crippen molar-refractivity contribution in [1.82, 2.24) is 0 Å². The van der Waals surface area contributed by atoms with Gasteiger partial charge in [-0.15, -0.1) is 0 Å². The first kappa shape index (κ1) is 12.2. The summed E-state index contributed by atoms with van der Waals surface area (Å²) in [7, 11) is 0. The topological polar surface area (TPSA) is 18.5 Å². The lowest BCUT2D eigenvalue weighted by Crippen LogP contribution is -1.98. The quantitative estimate of drug-likeness (QED) is 0.827. The van der Waals surface area contributed by atoms with Gasteiger partial charge in [-0.2, -0.15) is 0 Å². The van der Waals surface area contributed by atoms with Crippen molar-refractivity contribution in [1.29, 1.82) is 0 Å². The summed E-state index contributed by atoms with van der Waals surface area (Å²) in [5.41, 5.74) is 4.29. The maximum Gasteiger partial charge on any atom is 0.184 e. The molecular weight excluding hydrogens is 236 g/mol. The standard InChI is InChI=1S/C17H16O2/c1-13(14-6-3-2-4-7-14)15-8-5-9-16(12-15)17-18-10-11-19-17/h2-9,12,17H,1,10-11H2. The number of benzene rings is 2. The Morgan fingerprint density at radius 2 is 1.58 bits per heavy atom. The Bertz CT molecular complexity index is 569. The van der Waals surface area contributed by atoms with E-state index in [4.69, 9.17) is 9.47 Å². The van der Waals surface area contributed by atoms with Crippen molar-refractivity contribution in [2.45, 2.75) is 6.29 Å². The molecule has 0 atom stereocenters. The zero-order valence-electron chi connectivity index (χ0n) is 10.7. The van der Waals surface area contributed by atoms with Gasteiger partial charge >= 0.3 is 0 Å². The summed E-state index contributed by atoms with van der Waals surface area (Å²) in [4.78, 5) is 0. The van der Waals surface area contributed by atoms with Crippen molar-refractivity contribution in [2.24, 2.45) is 0 Å². The Kier molecular flexibility index (Phi) is 3.45. The molecule has 0 aromatic heterocycles. The van der Waals surface area contributed by atoms with Gasteiger partial charge in [-0.05, 0) is 22.8 Å². The molecule has 96 valence electrons. The molecule has 1 aliphatic rings. The fourth-order valence-electron chi connectivity index (χ4n) is 2.23. The van der Waals surface area contributed by atoms with E-state index in [9.17, 15) is 0 Å². The summed E-state index contributed by atoms with van der Waals surface area (Å²) in [6.07, 6.45) is -0.233. The van der Waals surface area contributed by atoms with Gasteiger partial charge in [-0.25, -0.2) is 0 Å². The van der Waals surface area contributed by atoms with E-state index >= 15 is 0 Å². The molecule has 2 nitrogen and oxygen atoms in total. The highest BCUT2D eigenvalue weighted by Gasteiger charge is 2.18. The predicted molar refractivity (Wildman–Crippen MR) is 75.7 cm³/mol. The first-order valence-electron chi connectivity index (χ1n) is 6.42. The Balaban J connectivity index is 1.89. The normalized spacial score (nSPS) is 15.6. The molecular formula is C17H16O2. The first-order chi connectivity index (χ1) is 9.34. The van der Waals surface area contributed by atoms with Crippen LogP contribution in [0.2, 0.25) is 0 Å². The number of rotatable bonds is 3. The molecule has 0 radical (unpaired) electrons. The van der Waals surface area contributed by atoms with E-state index in [0.717, 1.165) is 22.3 Å². The molecule has 19 heavy (non-hydrogen) atoms. The lowest BCUT2D eigenvalue weighted by atomic mass is 9.98. The molecule has 0 unspecified atom stereocenters. The van der Waals surface area contributed by atoms with Crippen LogP contribution in [-0.4, -0.2) is 13.2 Å². The van der Waals surface area contributed by atoms with Crippen molar-refractivity contribution in [2.75, 3.05) is 13.2 Å². The third kappa shape index (κ3) is 2.60. The van der Waals surface area contributed by atoms with Crippen LogP contribution < -0.4 is 0 Å². The minimum absolute atomic E-state index is 0.233. The Morgan fingerprint density at radius 1 is 0.895 bits per heavy atom. The molecule has 1 fully saturated rings. The van der Waals surface area contributed by atoms with Crippen LogP contribution in [0.1, 0.15) is 23.0 Å². The van der Waals surface area contributed by atoms with Crippen LogP contribution in [0.15, 0.2) is 61.2 Å². The van der Waals surface area contributed by atoms with E-state index in [1.807, 2.05) is 30.3 Å². The van der Waals surface area contributed by atoms with Crippen LogP contribution >= 0.6 is 0 Å². The third-order valence-corrected chi connectivity index (χ3v) is 3.25. The fraction of sp³-hybridized carbons (Fsp3) is 0.176. The monoisotopic (exact) mass is 252 g/mol. The maximum absolute atomic E-state index is 5.53. The fourth-order valence-corrected chi connectivity index (χ4v) is 2.23. The molecule has 0 saturated carbocycles. The smallest absolute Gasteiger partial charge is 0.184 e. The minimum atomic E-state index is -0.233. The molecule has 0 spiro atoms. The number of ether oxygens (including phenoxy) is 2. The highest BCUT2D eigenvalue weighted by atomic mass is 16.7. The molecule has 1 heterocycles. The molecule has 1 aliphatic heterocycles. The third-order valence-electron chi connectivity index (χ3n) is 3.25. The molecule has 2 heteroatoms. The van der Waals surface area contributed by atoms with Crippen LogP contribution in [0, 0.1) is 0 Å². The molecule has 0 amide bonds. The van der Waals surface area contributed by atoms with Gasteiger partial charge in [0.25, 0.3) is 0 Å². The van der Waals surface area contributed by atoms with Crippen molar-refractivity contribution >= 4 is 5.57 Å². The van der Waals surface area contributed by atoms with Gasteiger partial charge in [-0.1, -0.05) is 55.1 Å². The molecule has 2 aromatic rings. The summed E-state index contributed by atoms with van der Waals surface area (Å²) in [6, 6.07) is 18.4. The lowest BCUT2D eigenvalue weighted by molar-refractivity contribution is -0.0441. The summed E-state index contributed by atoms with van der Waals surface area (Å²) < 4.78 is 11.1. The lowest BCUT2D eigenvalue weighted by Gasteiger charge is -2.12. The Morgan fingerprint density at radius 3 is 2.32 bits per heavy atom. The van der Waals surface area contributed by atoms with E-state index in [-0.39, 0.29) is 6.29 Å². The van der Waals surface area contributed by atoms with E-state index in [1.54, 1.807) is 0 Å². The first-order valence-corrected chi connectivity index (χ1v) is 6.42. The SMILES string of the molecule is C=C(c1ccccc1)c1cccc(C2OCCO2)c1. The van der Waals surface area contributed by atoms with E-state index < -0.39 is 0 Å². The average Bonchev–Trinajstić information content (AvgIpc) is 3.02. The Labute approximate surface area is 113 Å². The Hall–Kier alpha value is -1.90. The van der Waals surface area contributed by atoms with Crippen molar-refractivity contribution in [3.8, 4) is 0 Å². The summed E-state index contributed by atoms with van der Waals surface area (Å²) in [5.74, 6) is 0. The summed E-state index contributed by atoms with van der Waals surface area (Å²) in [6.45, 7) is 5.50. The largest absolute Gasteiger partial charge is 0.346 e. The highest BCUT2D eigenvalue weighted by molar-refractivity contribution is 5.78. The van der Waals surface area contributed by atoms with E-state index in [2.05, 4.69) is 30.8 Å². The van der Waals surface area contributed by atoms with Crippen molar-refractivity contribution in [3.63, 3.8) is 0 Å². The molecule has 3 rings (SSSR count). The van der Waals surface area contributed by atoms with E-state index in [1.165, 1.54) is 0 Å². The number of hydrogen-bond acceptors (Lipinski definition) is 2. The zero-order chi connectivity index (χ0) is 13.1. The number of hydrogen-bond donors (Lipinski definition) is 0. The van der Waals surface area contributed by atoms with Gasteiger partial charge in [0.05, 0.1) is 13.2 Å². The van der Waals surface area contributed by atoms with Crippen molar-refractivity contribution < 1.29 is 9.47 Å². The van der Waals surface area contributed by atoms with Gasteiger partial charge in [0.15, 0.2) is 6.29 Å². The molecule has 0 bridgehead atoms. The van der Waals surface area contributed by atoms with Crippen LogP contribution in [0.5, 0.6) is 0 Å². The predicted octanol–water partition coefficient (Wildman–Crippen LogP) is 3.79. The van der Waals surface area contributed by atoms with Gasteiger partial charge in [0.2, 0.25) is 0 Å². The zero-order valence-corrected chi connectivity index (χ0v) is 10.7. The van der Waals surface area contributed by atoms with Gasteiger partial charge in [-0.3, -0.25) is 0 Å². The van der Waals surface area contributed by atoms with Crippen LogP contribution in [0.25, 0.3) is 5.57 Å². The van der Waals surface area contributed by atoms with Crippen LogP contribution in [0.4, 0.5) is 0 Å². The van der Waals surface area contributed by atoms with Crippen molar-refractivity contribution in [3.05, 3.63) is 77.9 Å². The molecule has 2 aromatic carbocycles. The maximum atomic E-state index is 5.53. The molecule has 0 aliphatic carbocycles. The van der Waals surface area contributed by atoms with Gasteiger partial charge < -0.3 is 9.47 Å². The van der Waals surface area contributed by atoms with Crippen LogP contribution in [-0.2, 0) is 9.47 Å². The second kappa shape index (κ2) is 5.39. The summed E-state index contributed by atoms with van der Waals surface area (Å²) in [5, 5.41) is 0. The van der Waals surface area contributed by atoms with E-state index in [0.29, 0.717) is 13.2 Å². The highest BCUT2D eigenvalue weighted by Crippen LogP contribution is 2.27. The summed E-state index contributed by atoms with van der Waals surface area (Å²) >= 11 is 0. The minimum Gasteiger partial charge on any atom is -0.346 e. The molecule has 1 saturated heterocycles. The van der Waals surface area contributed by atoms with Gasteiger partial charge in [0.1, 0.15) is 0 Å². The van der Waals surface area contributed by atoms with Crippen LogP contribution in [0.3, 0.4) is 0 Å². The second-order valence-corrected chi connectivity index (χ2v) is 4.54. The second-order valence-electron chi connectivity index (χ2n) is 4.54. The van der Waals surface area contributed by atoms with Gasteiger partial charge in [0, 0.05) is 5.56 Å². The average molecular weight is 252 g/mol. The molecule has 0 N–H and O–H groups in total.